The molecule has 0 amide bonds. The molecule has 3 aromatic carbocycles. The molecule has 0 saturated carbocycles. The van der Waals surface area contributed by atoms with E-state index in [0.717, 1.165) is 28.3 Å². The summed E-state index contributed by atoms with van der Waals surface area (Å²) in [4.78, 5) is 4.17. The van der Waals surface area contributed by atoms with E-state index < -0.39 is 10.1 Å². The van der Waals surface area contributed by atoms with E-state index in [9.17, 15) is 13.0 Å². The number of hydrogen-bond donors (Lipinski definition) is 2. The topological polar surface area (TPSA) is 104 Å². The van der Waals surface area contributed by atoms with Crippen LogP contribution in [0, 0.1) is 6.92 Å². The number of nitrogens with one attached hydrogen (secondary N) is 1. The maximum Gasteiger partial charge on any atom is 0.294 e. The summed E-state index contributed by atoms with van der Waals surface area (Å²) in [7, 11) is -4.27. The Hall–Kier alpha value is -2.85. The van der Waals surface area contributed by atoms with Gasteiger partial charge in [0.25, 0.3) is 10.1 Å². The number of rotatable bonds is 7. The van der Waals surface area contributed by atoms with Crippen molar-refractivity contribution in [2.24, 2.45) is 10.2 Å². The summed E-state index contributed by atoms with van der Waals surface area (Å²) in [6, 6.07) is 18.1. The van der Waals surface area contributed by atoms with E-state index in [4.69, 9.17) is 11.6 Å². The molecule has 4 aromatic rings. The number of halogens is 1. The van der Waals surface area contributed by atoms with Gasteiger partial charge in [0.1, 0.15) is 0 Å². The first kappa shape index (κ1) is 23.3. The van der Waals surface area contributed by atoms with Gasteiger partial charge in [-0.15, -0.1) is 10.2 Å². The summed E-state index contributed by atoms with van der Waals surface area (Å²) in [5, 5.41) is 13.2. The van der Waals surface area contributed by atoms with Gasteiger partial charge in [-0.25, -0.2) is 4.98 Å². The monoisotopic (exact) mass is 500 g/mol. The van der Waals surface area contributed by atoms with E-state index in [1.165, 1.54) is 29.5 Å². The second-order valence-electron chi connectivity index (χ2n) is 7.64. The molecule has 0 spiro atoms. The Morgan fingerprint density at radius 1 is 1.12 bits per heavy atom. The standard InChI is InChI=1S/C23H21ClN4O3S2/c1-14-11-17(25-15(2)12-16-5-3-4-6-19(16)24)7-9-20(14)27-28-23-26-21-10-8-18(33(29,30)31)13-22(21)32-23/h3-11,13,15,25H,12H2,1-2H3,(H,29,30,31). The first-order valence-corrected chi connectivity index (χ1v) is 12.7. The Morgan fingerprint density at radius 2 is 1.91 bits per heavy atom. The second kappa shape index (κ2) is 9.56. The molecule has 2 N–H and O–H groups in total. The highest BCUT2D eigenvalue weighted by atomic mass is 35.5. The third-order valence-corrected chi connectivity index (χ3v) is 7.10. The van der Waals surface area contributed by atoms with Gasteiger partial charge < -0.3 is 5.32 Å². The summed E-state index contributed by atoms with van der Waals surface area (Å²) in [5.41, 5.74) is 4.32. The fourth-order valence-corrected chi connectivity index (χ4v) is 5.00. The minimum atomic E-state index is -4.27. The first-order chi connectivity index (χ1) is 15.7. The van der Waals surface area contributed by atoms with Crippen LogP contribution in [-0.4, -0.2) is 24.0 Å². The number of anilines is 1. The van der Waals surface area contributed by atoms with Crippen molar-refractivity contribution in [3.8, 4) is 0 Å². The highest BCUT2D eigenvalue weighted by molar-refractivity contribution is 7.85. The lowest BCUT2D eigenvalue weighted by Gasteiger charge is -2.17. The third kappa shape index (κ3) is 5.75. The number of aryl methyl sites for hydroxylation is 1. The molecule has 1 aromatic heterocycles. The van der Waals surface area contributed by atoms with Crippen molar-refractivity contribution in [1.82, 2.24) is 4.98 Å². The second-order valence-corrected chi connectivity index (χ2v) is 10.5. The number of fused-ring (bicyclic) bond motifs is 1. The van der Waals surface area contributed by atoms with Gasteiger partial charge in [0.2, 0.25) is 5.13 Å². The van der Waals surface area contributed by atoms with E-state index in [1.807, 2.05) is 49.4 Å². The fraction of sp³-hybridized carbons (Fsp3) is 0.174. The average molecular weight is 501 g/mol. The van der Waals surface area contributed by atoms with Crippen LogP contribution in [0.3, 0.4) is 0 Å². The molecule has 0 radical (unpaired) electrons. The van der Waals surface area contributed by atoms with E-state index in [1.54, 1.807) is 0 Å². The van der Waals surface area contributed by atoms with Crippen LogP contribution in [0.1, 0.15) is 18.1 Å². The molecule has 0 fully saturated rings. The maximum atomic E-state index is 11.3. The van der Waals surface area contributed by atoms with Crippen molar-refractivity contribution < 1.29 is 13.0 Å². The molecule has 0 aliphatic carbocycles. The maximum absolute atomic E-state index is 11.3. The first-order valence-electron chi connectivity index (χ1n) is 10.1. The van der Waals surface area contributed by atoms with E-state index in [2.05, 4.69) is 27.5 Å². The van der Waals surface area contributed by atoms with Crippen LogP contribution in [0.25, 0.3) is 10.2 Å². The predicted octanol–water partition coefficient (Wildman–Crippen LogP) is 6.96. The van der Waals surface area contributed by atoms with Gasteiger partial charge in [-0.3, -0.25) is 4.55 Å². The Kier molecular flexibility index (Phi) is 6.76. The highest BCUT2D eigenvalue weighted by Crippen LogP contribution is 2.32. The molecule has 7 nitrogen and oxygen atoms in total. The van der Waals surface area contributed by atoms with Crippen LogP contribution in [0.15, 0.2) is 75.8 Å². The summed E-state index contributed by atoms with van der Waals surface area (Å²) in [6.45, 7) is 4.06. The zero-order chi connectivity index (χ0) is 23.6. The molecule has 1 unspecified atom stereocenters. The number of benzene rings is 3. The molecule has 0 bridgehead atoms. The Bertz CT molecular complexity index is 1450. The van der Waals surface area contributed by atoms with E-state index >= 15 is 0 Å². The molecule has 170 valence electrons. The molecule has 4 rings (SSSR count). The van der Waals surface area contributed by atoms with Crippen LogP contribution in [0.5, 0.6) is 0 Å². The highest BCUT2D eigenvalue weighted by Gasteiger charge is 2.12. The average Bonchev–Trinajstić information content (AvgIpc) is 3.16. The summed E-state index contributed by atoms with van der Waals surface area (Å²) in [5.74, 6) is 0. The summed E-state index contributed by atoms with van der Waals surface area (Å²) >= 11 is 7.46. The molecule has 33 heavy (non-hydrogen) atoms. The number of azo groups is 1. The third-order valence-electron chi connectivity index (χ3n) is 4.98. The van der Waals surface area contributed by atoms with Gasteiger partial charge in [0.05, 0.1) is 20.8 Å². The van der Waals surface area contributed by atoms with Crippen molar-refractivity contribution in [1.29, 1.82) is 0 Å². The van der Waals surface area contributed by atoms with Crippen LogP contribution in [0.4, 0.5) is 16.5 Å². The minimum Gasteiger partial charge on any atom is -0.382 e. The van der Waals surface area contributed by atoms with E-state index in [0.29, 0.717) is 21.0 Å². The SMILES string of the molecule is Cc1cc(NC(C)Cc2ccccc2Cl)ccc1N=Nc1nc2ccc(S(=O)(=O)O)cc2s1. The largest absolute Gasteiger partial charge is 0.382 e. The molecular weight excluding hydrogens is 480 g/mol. The molecule has 0 saturated heterocycles. The van der Waals surface area contributed by atoms with Gasteiger partial charge >= 0.3 is 0 Å². The lowest BCUT2D eigenvalue weighted by atomic mass is 10.1. The Labute approximate surface area is 200 Å². The lowest BCUT2D eigenvalue weighted by molar-refractivity contribution is 0.483. The molecule has 10 heteroatoms. The van der Waals surface area contributed by atoms with Crippen molar-refractivity contribution in [2.75, 3.05) is 5.32 Å². The molecule has 0 aliphatic heterocycles. The number of thiazole rings is 1. The Balaban J connectivity index is 1.46. The van der Waals surface area contributed by atoms with Crippen molar-refractivity contribution in [3.05, 3.63) is 76.8 Å². The van der Waals surface area contributed by atoms with Crippen LogP contribution < -0.4 is 5.32 Å². The van der Waals surface area contributed by atoms with Gasteiger partial charge in [-0.2, -0.15) is 8.42 Å². The zero-order valence-corrected chi connectivity index (χ0v) is 20.2. The van der Waals surface area contributed by atoms with Gasteiger partial charge in [-0.05, 0) is 73.9 Å². The quantitative estimate of drug-likeness (QED) is 0.211. The summed E-state index contributed by atoms with van der Waals surface area (Å²) in [6.07, 6.45) is 0.803. The fourth-order valence-electron chi connectivity index (χ4n) is 3.38. The number of nitrogens with zero attached hydrogens (tertiary/aromatic N) is 3. The van der Waals surface area contributed by atoms with Crippen molar-refractivity contribution in [3.63, 3.8) is 0 Å². The van der Waals surface area contributed by atoms with Crippen molar-refractivity contribution in [2.45, 2.75) is 31.2 Å². The predicted molar refractivity (Wildman–Crippen MR) is 133 cm³/mol. The minimum absolute atomic E-state index is 0.176. The van der Waals surface area contributed by atoms with Gasteiger partial charge in [0.15, 0.2) is 0 Å². The molecular formula is C23H21ClN4O3S2. The molecule has 1 atom stereocenters. The van der Waals surface area contributed by atoms with Crippen LogP contribution in [0.2, 0.25) is 5.02 Å². The molecule has 0 aliphatic rings. The van der Waals surface area contributed by atoms with Gasteiger partial charge in [-0.1, -0.05) is 41.1 Å². The molecule has 1 heterocycles. The van der Waals surface area contributed by atoms with E-state index in [-0.39, 0.29) is 10.9 Å². The van der Waals surface area contributed by atoms with Crippen molar-refractivity contribution >= 4 is 59.8 Å². The number of aromatic nitrogens is 1. The smallest absolute Gasteiger partial charge is 0.294 e. The van der Waals surface area contributed by atoms with Crippen LogP contribution >= 0.6 is 22.9 Å². The zero-order valence-electron chi connectivity index (χ0n) is 17.9. The summed E-state index contributed by atoms with van der Waals surface area (Å²) < 4.78 is 32.4. The van der Waals surface area contributed by atoms with Gasteiger partial charge in [0, 0.05) is 16.8 Å². The normalized spacial score (nSPS) is 13.0. The lowest BCUT2D eigenvalue weighted by Crippen LogP contribution is -2.18. The Morgan fingerprint density at radius 3 is 2.64 bits per heavy atom. The number of hydrogen-bond acceptors (Lipinski definition) is 7. The van der Waals surface area contributed by atoms with Crippen LogP contribution in [-0.2, 0) is 16.5 Å².